The van der Waals surface area contributed by atoms with E-state index in [1.807, 2.05) is 24.3 Å². The summed E-state index contributed by atoms with van der Waals surface area (Å²) in [6.07, 6.45) is 1.50. The molecule has 1 heterocycles. The molecular weight excluding hydrogens is 252 g/mol. The van der Waals surface area contributed by atoms with E-state index in [1.165, 1.54) is 13.3 Å². The lowest BCUT2D eigenvalue weighted by molar-refractivity contribution is 0.380. The Labute approximate surface area is 110 Å². The summed E-state index contributed by atoms with van der Waals surface area (Å²) in [4.78, 5) is 8.02. The highest BCUT2D eigenvalue weighted by molar-refractivity contribution is 6.32. The number of halogens is 1. The lowest BCUT2D eigenvalue weighted by Crippen LogP contribution is -2.04. The highest BCUT2D eigenvalue weighted by Gasteiger charge is 2.05. The zero-order chi connectivity index (χ0) is 13.0. The predicted molar refractivity (Wildman–Crippen MR) is 71.8 cm³/mol. The molecule has 0 atom stereocenters. The number of ether oxygens (including phenoxy) is 1. The number of hydrogen-bond donors (Lipinski definition) is 2. The Balaban J connectivity index is 2.10. The van der Waals surface area contributed by atoms with Crippen LogP contribution in [0.5, 0.6) is 6.01 Å². The Morgan fingerprint density at radius 2 is 2.28 bits per heavy atom. The van der Waals surface area contributed by atoms with Crippen molar-refractivity contribution in [2.75, 3.05) is 18.2 Å². The maximum Gasteiger partial charge on any atom is 0.318 e. The van der Waals surface area contributed by atoms with E-state index in [0.717, 1.165) is 11.3 Å². The van der Waals surface area contributed by atoms with Crippen molar-refractivity contribution in [1.29, 1.82) is 0 Å². The van der Waals surface area contributed by atoms with Gasteiger partial charge in [-0.1, -0.05) is 23.7 Å². The standard InChI is InChI=1S/C12H13ClN4O/c1-18-12-16-7-10(13)11(17-12)15-6-8-3-2-4-9(14)5-8/h2-5,7H,6,14H2,1H3,(H,15,16,17). The van der Waals surface area contributed by atoms with Crippen molar-refractivity contribution in [3.05, 3.63) is 41.0 Å². The Bertz CT molecular complexity index is 547. The molecule has 0 radical (unpaired) electrons. The van der Waals surface area contributed by atoms with Crippen LogP contribution in [-0.4, -0.2) is 17.1 Å². The zero-order valence-corrected chi connectivity index (χ0v) is 10.6. The first-order valence-electron chi connectivity index (χ1n) is 5.34. The molecule has 0 aliphatic rings. The molecule has 5 nitrogen and oxygen atoms in total. The Morgan fingerprint density at radius 3 is 3.00 bits per heavy atom. The van der Waals surface area contributed by atoms with Crippen LogP contribution in [0.3, 0.4) is 0 Å². The third-order valence-corrected chi connectivity index (χ3v) is 2.59. The molecule has 0 fully saturated rings. The van der Waals surface area contributed by atoms with Gasteiger partial charge in [0.25, 0.3) is 0 Å². The van der Waals surface area contributed by atoms with Gasteiger partial charge in [-0.15, -0.1) is 0 Å². The molecule has 2 rings (SSSR count). The van der Waals surface area contributed by atoms with Gasteiger partial charge in [-0.25, -0.2) is 4.98 Å². The molecule has 0 amide bonds. The van der Waals surface area contributed by atoms with E-state index in [1.54, 1.807) is 0 Å². The van der Waals surface area contributed by atoms with Crippen molar-refractivity contribution in [2.45, 2.75) is 6.54 Å². The molecule has 6 heteroatoms. The van der Waals surface area contributed by atoms with Crippen LogP contribution in [0.2, 0.25) is 5.02 Å². The molecular formula is C12H13ClN4O. The molecule has 94 valence electrons. The fraction of sp³-hybridized carbons (Fsp3) is 0.167. The largest absolute Gasteiger partial charge is 0.467 e. The minimum absolute atomic E-state index is 0.273. The third-order valence-electron chi connectivity index (χ3n) is 2.32. The number of nitrogens with one attached hydrogen (secondary N) is 1. The summed E-state index contributed by atoms with van der Waals surface area (Å²) in [6.45, 7) is 0.574. The number of anilines is 2. The minimum Gasteiger partial charge on any atom is -0.467 e. The molecule has 18 heavy (non-hydrogen) atoms. The molecule has 0 saturated carbocycles. The molecule has 0 bridgehead atoms. The van der Waals surface area contributed by atoms with Crippen LogP contribution < -0.4 is 15.8 Å². The summed E-state index contributed by atoms with van der Waals surface area (Å²) < 4.78 is 4.94. The Morgan fingerprint density at radius 1 is 1.44 bits per heavy atom. The van der Waals surface area contributed by atoms with Gasteiger partial charge in [0.15, 0.2) is 5.82 Å². The van der Waals surface area contributed by atoms with Crippen molar-refractivity contribution in [3.63, 3.8) is 0 Å². The SMILES string of the molecule is COc1ncc(Cl)c(NCc2cccc(N)c2)n1. The van der Waals surface area contributed by atoms with E-state index >= 15 is 0 Å². The lowest BCUT2D eigenvalue weighted by Gasteiger charge is -2.08. The average Bonchev–Trinajstić information content (AvgIpc) is 2.38. The van der Waals surface area contributed by atoms with E-state index in [-0.39, 0.29) is 6.01 Å². The van der Waals surface area contributed by atoms with E-state index in [0.29, 0.717) is 17.4 Å². The smallest absolute Gasteiger partial charge is 0.318 e. The van der Waals surface area contributed by atoms with Gasteiger partial charge in [-0.3, -0.25) is 0 Å². The van der Waals surface area contributed by atoms with Gasteiger partial charge < -0.3 is 15.8 Å². The maximum absolute atomic E-state index is 5.98. The molecule has 0 aliphatic carbocycles. The molecule has 0 unspecified atom stereocenters. The second-order valence-corrected chi connectivity index (χ2v) is 4.06. The number of methoxy groups -OCH3 is 1. The van der Waals surface area contributed by atoms with Crippen LogP contribution in [0.15, 0.2) is 30.5 Å². The van der Waals surface area contributed by atoms with Crippen molar-refractivity contribution in [1.82, 2.24) is 9.97 Å². The average molecular weight is 265 g/mol. The number of hydrogen-bond acceptors (Lipinski definition) is 5. The number of nitrogens with two attached hydrogens (primary N) is 1. The van der Waals surface area contributed by atoms with Crippen molar-refractivity contribution in [3.8, 4) is 6.01 Å². The quantitative estimate of drug-likeness (QED) is 0.829. The highest BCUT2D eigenvalue weighted by Crippen LogP contribution is 2.21. The fourth-order valence-corrected chi connectivity index (χ4v) is 1.62. The van der Waals surface area contributed by atoms with Crippen molar-refractivity contribution in [2.24, 2.45) is 0 Å². The van der Waals surface area contributed by atoms with E-state index in [4.69, 9.17) is 22.1 Å². The number of aromatic nitrogens is 2. The molecule has 1 aromatic carbocycles. The molecule has 0 aliphatic heterocycles. The summed E-state index contributed by atoms with van der Waals surface area (Å²) in [6, 6.07) is 7.86. The fourth-order valence-electron chi connectivity index (χ4n) is 1.46. The van der Waals surface area contributed by atoms with Crippen LogP contribution in [0.1, 0.15) is 5.56 Å². The van der Waals surface area contributed by atoms with E-state index < -0.39 is 0 Å². The van der Waals surface area contributed by atoms with Crippen LogP contribution in [0.4, 0.5) is 11.5 Å². The Hall–Kier alpha value is -2.01. The van der Waals surface area contributed by atoms with Gasteiger partial charge in [-0.05, 0) is 17.7 Å². The summed E-state index contributed by atoms with van der Waals surface area (Å²) in [5.74, 6) is 0.533. The first kappa shape index (κ1) is 12.4. The second-order valence-electron chi connectivity index (χ2n) is 3.65. The first-order valence-corrected chi connectivity index (χ1v) is 5.71. The molecule has 0 spiro atoms. The van der Waals surface area contributed by atoms with Crippen molar-refractivity contribution < 1.29 is 4.74 Å². The number of benzene rings is 1. The molecule has 3 N–H and O–H groups in total. The van der Waals surface area contributed by atoms with Gasteiger partial charge in [0.05, 0.1) is 13.3 Å². The third kappa shape index (κ3) is 3.01. The monoisotopic (exact) mass is 264 g/mol. The molecule has 0 saturated heterocycles. The summed E-state index contributed by atoms with van der Waals surface area (Å²) in [5, 5.41) is 3.56. The summed E-state index contributed by atoms with van der Waals surface area (Å²) in [5.41, 5.74) is 7.47. The predicted octanol–water partition coefficient (Wildman–Crippen LogP) is 2.33. The van der Waals surface area contributed by atoms with Gasteiger partial charge in [0.2, 0.25) is 0 Å². The van der Waals surface area contributed by atoms with Crippen LogP contribution in [0.25, 0.3) is 0 Å². The van der Waals surface area contributed by atoms with Crippen LogP contribution in [0, 0.1) is 0 Å². The summed E-state index contributed by atoms with van der Waals surface area (Å²) >= 11 is 5.98. The normalized spacial score (nSPS) is 10.1. The van der Waals surface area contributed by atoms with Gasteiger partial charge >= 0.3 is 6.01 Å². The second kappa shape index (κ2) is 5.55. The van der Waals surface area contributed by atoms with Crippen LogP contribution >= 0.6 is 11.6 Å². The number of rotatable bonds is 4. The minimum atomic E-state index is 0.273. The highest BCUT2D eigenvalue weighted by atomic mass is 35.5. The Kier molecular flexibility index (Phi) is 3.84. The molecule has 2 aromatic rings. The summed E-state index contributed by atoms with van der Waals surface area (Å²) in [7, 11) is 1.50. The number of nitrogens with zero attached hydrogens (tertiary/aromatic N) is 2. The lowest BCUT2D eigenvalue weighted by atomic mass is 10.2. The van der Waals surface area contributed by atoms with E-state index in [9.17, 15) is 0 Å². The van der Waals surface area contributed by atoms with E-state index in [2.05, 4.69) is 15.3 Å². The zero-order valence-electron chi connectivity index (χ0n) is 9.85. The topological polar surface area (TPSA) is 73.1 Å². The number of nitrogen functional groups attached to an aromatic ring is 1. The van der Waals surface area contributed by atoms with Gasteiger partial charge in [-0.2, -0.15) is 4.98 Å². The maximum atomic E-state index is 5.98. The van der Waals surface area contributed by atoms with Gasteiger partial charge in [0.1, 0.15) is 5.02 Å². The van der Waals surface area contributed by atoms with Crippen molar-refractivity contribution >= 4 is 23.1 Å². The molecule has 1 aromatic heterocycles. The van der Waals surface area contributed by atoms with Gasteiger partial charge in [0, 0.05) is 12.2 Å². The first-order chi connectivity index (χ1) is 8.69. The van der Waals surface area contributed by atoms with Crippen LogP contribution in [-0.2, 0) is 6.54 Å².